The second kappa shape index (κ2) is 10.8. The van der Waals surface area contributed by atoms with E-state index in [4.69, 9.17) is 9.47 Å². The Bertz CT molecular complexity index is 890. The molecule has 2 heterocycles. The van der Waals surface area contributed by atoms with Gasteiger partial charge in [-0.25, -0.2) is 0 Å². The number of nitrogens with one attached hydrogen (secondary N) is 1. The molecule has 1 aliphatic heterocycles. The normalized spacial score (nSPS) is 16.5. The quantitative estimate of drug-likeness (QED) is 0.654. The number of rotatable bonds is 9. The molecule has 1 aromatic heterocycles. The Hall–Kier alpha value is -3.13. The van der Waals surface area contributed by atoms with Crippen LogP contribution in [-0.4, -0.2) is 73.5 Å². The van der Waals surface area contributed by atoms with Crippen LogP contribution < -0.4 is 14.8 Å². The minimum Gasteiger partial charge on any atom is -0.493 e. The van der Waals surface area contributed by atoms with Gasteiger partial charge in [-0.15, -0.1) is 0 Å². The number of methoxy groups -OCH3 is 2. The van der Waals surface area contributed by atoms with Crippen molar-refractivity contribution in [1.29, 1.82) is 0 Å². The summed E-state index contributed by atoms with van der Waals surface area (Å²) in [7, 11) is 4.96. The topological polar surface area (TPSA) is 84.0 Å². The van der Waals surface area contributed by atoms with Gasteiger partial charge in [-0.1, -0.05) is 18.2 Å². The van der Waals surface area contributed by atoms with E-state index in [0.717, 1.165) is 11.3 Å². The zero-order valence-corrected chi connectivity index (χ0v) is 18.3. The van der Waals surface area contributed by atoms with Gasteiger partial charge in [0.05, 0.1) is 26.7 Å². The highest BCUT2D eigenvalue weighted by Crippen LogP contribution is 2.32. The molecule has 0 aliphatic carbocycles. The summed E-state index contributed by atoms with van der Waals surface area (Å²) in [6, 6.07) is 10.9. The van der Waals surface area contributed by atoms with Crippen molar-refractivity contribution in [3.05, 3.63) is 53.9 Å². The van der Waals surface area contributed by atoms with E-state index >= 15 is 0 Å². The van der Waals surface area contributed by atoms with Gasteiger partial charge in [-0.2, -0.15) is 0 Å². The van der Waals surface area contributed by atoms with Crippen LogP contribution in [0, 0.1) is 0 Å². The van der Waals surface area contributed by atoms with Crippen LogP contribution in [0.3, 0.4) is 0 Å². The third-order valence-electron chi connectivity index (χ3n) is 5.52. The van der Waals surface area contributed by atoms with Gasteiger partial charge in [0.25, 0.3) is 0 Å². The standard InChI is InChI=1S/C23H30N4O4/c1-26(13-10-18-8-4-5-11-24-18)21(28)15-19-23(29)25-12-14-27(19)16-17-7-6-9-20(30-2)22(17)31-3/h4-9,11,19H,10,12-16H2,1-3H3,(H,25,29)/t19-/m0/s1. The number of hydrogen-bond donors (Lipinski definition) is 1. The van der Waals surface area contributed by atoms with Gasteiger partial charge in [-0.05, 0) is 18.2 Å². The van der Waals surface area contributed by atoms with E-state index in [1.807, 2.05) is 41.3 Å². The van der Waals surface area contributed by atoms with Crippen molar-refractivity contribution in [2.45, 2.75) is 25.4 Å². The number of para-hydroxylation sites is 1. The zero-order valence-electron chi connectivity index (χ0n) is 18.3. The monoisotopic (exact) mass is 426 g/mol. The van der Waals surface area contributed by atoms with Crippen molar-refractivity contribution in [1.82, 2.24) is 20.1 Å². The van der Waals surface area contributed by atoms with Crippen molar-refractivity contribution in [3.63, 3.8) is 0 Å². The number of nitrogens with zero attached hydrogens (tertiary/aromatic N) is 3. The van der Waals surface area contributed by atoms with Gasteiger partial charge in [0.15, 0.2) is 11.5 Å². The number of ether oxygens (including phenoxy) is 2. The lowest BCUT2D eigenvalue weighted by molar-refractivity contribution is -0.138. The Morgan fingerprint density at radius 2 is 2.06 bits per heavy atom. The molecule has 8 nitrogen and oxygen atoms in total. The van der Waals surface area contributed by atoms with E-state index in [1.165, 1.54) is 0 Å². The Labute approximate surface area is 183 Å². The second-order valence-electron chi connectivity index (χ2n) is 7.52. The van der Waals surface area contributed by atoms with Gasteiger partial charge in [0.2, 0.25) is 11.8 Å². The molecule has 8 heteroatoms. The van der Waals surface area contributed by atoms with Crippen LogP contribution in [-0.2, 0) is 22.6 Å². The maximum absolute atomic E-state index is 12.9. The zero-order chi connectivity index (χ0) is 22.2. The molecule has 2 aromatic rings. The Kier molecular flexibility index (Phi) is 7.83. The SMILES string of the molecule is COc1cccc(CN2CCNC(=O)[C@@H]2CC(=O)N(C)CCc2ccccn2)c1OC. The number of likely N-dealkylation sites (N-methyl/N-ethyl adjacent to an activating group) is 1. The molecular formula is C23H30N4O4. The Balaban J connectivity index is 1.66. The molecule has 166 valence electrons. The summed E-state index contributed by atoms with van der Waals surface area (Å²) < 4.78 is 10.9. The number of aromatic nitrogens is 1. The van der Waals surface area contributed by atoms with E-state index in [1.54, 1.807) is 32.4 Å². The second-order valence-corrected chi connectivity index (χ2v) is 7.52. The van der Waals surface area contributed by atoms with E-state index < -0.39 is 6.04 Å². The molecule has 1 saturated heterocycles. The Morgan fingerprint density at radius 1 is 1.23 bits per heavy atom. The molecule has 3 rings (SSSR count). The average molecular weight is 427 g/mol. The molecule has 0 saturated carbocycles. The van der Waals surface area contributed by atoms with Crippen LogP contribution in [0.25, 0.3) is 0 Å². The van der Waals surface area contributed by atoms with Crippen LogP contribution in [0.5, 0.6) is 11.5 Å². The maximum Gasteiger partial charge on any atom is 0.237 e. The average Bonchev–Trinajstić information content (AvgIpc) is 2.80. The fourth-order valence-electron chi connectivity index (χ4n) is 3.74. The van der Waals surface area contributed by atoms with Crippen LogP contribution in [0.2, 0.25) is 0 Å². The molecule has 1 N–H and O–H groups in total. The lowest BCUT2D eigenvalue weighted by Crippen LogP contribution is -2.56. The highest BCUT2D eigenvalue weighted by molar-refractivity contribution is 5.88. The first-order valence-electron chi connectivity index (χ1n) is 10.4. The first-order valence-corrected chi connectivity index (χ1v) is 10.4. The molecule has 1 fully saturated rings. The molecule has 1 aliphatic rings. The molecule has 0 bridgehead atoms. The van der Waals surface area contributed by atoms with Crippen molar-refractivity contribution < 1.29 is 19.1 Å². The fourth-order valence-corrected chi connectivity index (χ4v) is 3.74. The first-order chi connectivity index (χ1) is 15.0. The molecule has 1 atom stereocenters. The Morgan fingerprint density at radius 3 is 2.77 bits per heavy atom. The van der Waals surface area contributed by atoms with E-state index in [2.05, 4.69) is 10.3 Å². The predicted molar refractivity (Wildman–Crippen MR) is 117 cm³/mol. The van der Waals surface area contributed by atoms with Crippen LogP contribution in [0.1, 0.15) is 17.7 Å². The minimum atomic E-state index is -0.533. The number of carbonyl (C=O) groups is 2. The van der Waals surface area contributed by atoms with Gasteiger partial charge in [0, 0.05) is 57.1 Å². The van der Waals surface area contributed by atoms with Gasteiger partial charge < -0.3 is 19.7 Å². The summed E-state index contributed by atoms with van der Waals surface area (Å²) in [6.45, 7) is 2.24. The van der Waals surface area contributed by atoms with Crippen LogP contribution >= 0.6 is 0 Å². The minimum absolute atomic E-state index is 0.0689. The third kappa shape index (κ3) is 5.73. The summed E-state index contributed by atoms with van der Waals surface area (Å²) in [6.07, 6.45) is 2.54. The molecule has 0 radical (unpaired) electrons. The third-order valence-corrected chi connectivity index (χ3v) is 5.52. The highest BCUT2D eigenvalue weighted by atomic mass is 16.5. The lowest BCUT2D eigenvalue weighted by Gasteiger charge is -2.35. The number of amides is 2. The maximum atomic E-state index is 12.9. The van der Waals surface area contributed by atoms with Crippen molar-refractivity contribution in [3.8, 4) is 11.5 Å². The summed E-state index contributed by atoms with van der Waals surface area (Å²) in [5, 5.41) is 2.88. The molecular weight excluding hydrogens is 396 g/mol. The van der Waals surface area contributed by atoms with Crippen LogP contribution in [0.4, 0.5) is 0 Å². The van der Waals surface area contributed by atoms with Crippen molar-refractivity contribution >= 4 is 11.8 Å². The van der Waals surface area contributed by atoms with Crippen molar-refractivity contribution in [2.75, 3.05) is 40.9 Å². The predicted octanol–water partition coefficient (Wildman–Crippen LogP) is 1.49. The fraction of sp³-hybridized carbons (Fsp3) is 0.435. The van der Waals surface area contributed by atoms with Gasteiger partial charge >= 0.3 is 0 Å². The van der Waals surface area contributed by atoms with Gasteiger partial charge in [0.1, 0.15) is 0 Å². The number of pyridine rings is 1. The van der Waals surface area contributed by atoms with E-state index in [0.29, 0.717) is 44.1 Å². The van der Waals surface area contributed by atoms with Crippen LogP contribution in [0.15, 0.2) is 42.6 Å². The highest BCUT2D eigenvalue weighted by Gasteiger charge is 2.33. The van der Waals surface area contributed by atoms with Crippen molar-refractivity contribution in [2.24, 2.45) is 0 Å². The summed E-state index contributed by atoms with van der Waals surface area (Å²) in [5.74, 6) is 1.09. The first kappa shape index (κ1) is 22.6. The number of benzene rings is 1. The molecule has 2 amide bonds. The molecule has 1 aromatic carbocycles. The summed E-state index contributed by atoms with van der Waals surface area (Å²) >= 11 is 0. The largest absolute Gasteiger partial charge is 0.493 e. The number of carbonyl (C=O) groups excluding carboxylic acids is 2. The number of piperazine rings is 1. The summed E-state index contributed by atoms with van der Waals surface area (Å²) in [4.78, 5) is 33.5. The molecule has 0 spiro atoms. The van der Waals surface area contributed by atoms with E-state index in [-0.39, 0.29) is 18.2 Å². The van der Waals surface area contributed by atoms with E-state index in [9.17, 15) is 9.59 Å². The number of hydrogen-bond acceptors (Lipinski definition) is 6. The molecule has 31 heavy (non-hydrogen) atoms. The smallest absolute Gasteiger partial charge is 0.237 e. The molecule has 0 unspecified atom stereocenters. The summed E-state index contributed by atoms with van der Waals surface area (Å²) in [5.41, 5.74) is 1.85. The van der Waals surface area contributed by atoms with Gasteiger partial charge in [-0.3, -0.25) is 19.5 Å². The lowest BCUT2D eigenvalue weighted by atomic mass is 10.1.